The lowest BCUT2D eigenvalue weighted by molar-refractivity contribution is 0.218. The molecule has 0 fully saturated rings. The van der Waals surface area contributed by atoms with Gasteiger partial charge in [0.05, 0.1) is 9.36 Å². The summed E-state index contributed by atoms with van der Waals surface area (Å²) >= 11 is 12.9. The van der Waals surface area contributed by atoms with Gasteiger partial charge in [-0.1, -0.05) is 23.2 Å². The van der Waals surface area contributed by atoms with Crippen molar-refractivity contribution in [3.8, 4) is 5.75 Å². The summed E-state index contributed by atoms with van der Waals surface area (Å²) < 4.78 is 19.4. The molecule has 1 aromatic carbocycles. The van der Waals surface area contributed by atoms with Crippen molar-refractivity contribution in [3.05, 3.63) is 50.4 Å². The molecule has 6 heteroatoms. The lowest BCUT2D eigenvalue weighted by Gasteiger charge is -2.16. The first kappa shape index (κ1) is 13.6. The average Bonchev–Trinajstić information content (AvgIpc) is 2.77. The van der Waals surface area contributed by atoms with Crippen LogP contribution in [0.25, 0.3) is 0 Å². The Morgan fingerprint density at radius 1 is 1.28 bits per heavy atom. The third kappa shape index (κ3) is 3.14. The molecule has 1 atom stereocenters. The van der Waals surface area contributed by atoms with Gasteiger partial charge >= 0.3 is 0 Å². The van der Waals surface area contributed by atoms with Crippen LogP contribution in [0.4, 0.5) is 4.39 Å². The molecule has 2 N–H and O–H groups in total. The smallest absolute Gasteiger partial charge is 0.145 e. The maximum absolute atomic E-state index is 13.0. The van der Waals surface area contributed by atoms with Crippen molar-refractivity contribution in [2.75, 3.05) is 6.54 Å². The van der Waals surface area contributed by atoms with E-state index in [9.17, 15) is 4.39 Å². The molecule has 0 aliphatic carbocycles. The summed E-state index contributed by atoms with van der Waals surface area (Å²) in [6.45, 7) is 0.297. The Hall–Kier alpha value is -0.810. The zero-order valence-corrected chi connectivity index (χ0v) is 11.5. The van der Waals surface area contributed by atoms with Crippen LogP contribution in [-0.4, -0.2) is 6.54 Å². The van der Waals surface area contributed by atoms with E-state index >= 15 is 0 Å². The molecule has 0 bridgehead atoms. The number of hydrogen-bond acceptors (Lipinski definition) is 3. The van der Waals surface area contributed by atoms with Gasteiger partial charge in [0.1, 0.15) is 17.7 Å². The second kappa shape index (κ2) is 5.89. The molecule has 0 radical (unpaired) electrons. The molecule has 0 spiro atoms. The van der Waals surface area contributed by atoms with Crippen molar-refractivity contribution in [1.82, 2.24) is 0 Å². The van der Waals surface area contributed by atoms with Gasteiger partial charge < -0.3 is 10.5 Å². The van der Waals surface area contributed by atoms with E-state index in [1.165, 1.54) is 29.5 Å². The number of benzene rings is 1. The molecule has 2 rings (SSSR count). The summed E-state index contributed by atoms with van der Waals surface area (Å²) in [5, 5.41) is 0.0208. The number of thiophene rings is 1. The average molecular weight is 306 g/mol. The minimum Gasteiger partial charge on any atom is -0.484 e. The molecule has 0 aliphatic heterocycles. The topological polar surface area (TPSA) is 35.2 Å². The van der Waals surface area contributed by atoms with Crippen LogP contribution in [-0.2, 0) is 0 Å². The van der Waals surface area contributed by atoms with Crippen LogP contribution in [0.1, 0.15) is 11.0 Å². The maximum Gasteiger partial charge on any atom is 0.145 e. The summed E-state index contributed by atoms with van der Waals surface area (Å²) in [5.41, 5.74) is 5.66. The number of ether oxygens (including phenoxy) is 1. The van der Waals surface area contributed by atoms with Crippen molar-refractivity contribution in [3.63, 3.8) is 0 Å². The first-order chi connectivity index (χ1) is 8.60. The third-order valence-corrected chi connectivity index (χ3v) is 3.91. The van der Waals surface area contributed by atoms with Gasteiger partial charge in [-0.05, 0) is 24.3 Å². The van der Waals surface area contributed by atoms with Crippen molar-refractivity contribution in [2.45, 2.75) is 6.10 Å². The fraction of sp³-hybridized carbons (Fsp3) is 0.167. The minimum atomic E-state index is -0.479. The fourth-order valence-electron chi connectivity index (χ4n) is 1.44. The van der Waals surface area contributed by atoms with E-state index in [4.69, 9.17) is 33.7 Å². The van der Waals surface area contributed by atoms with E-state index in [0.29, 0.717) is 16.6 Å². The zero-order valence-electron chi connectivity index (χ0n) is 9.20. The van der Waals surface area contributed by atoms with Crippen LogP contribution in [0.5, 0.6) is 5.75 Å². The molecule has 0 aliphatic rings. The number of halogens is 3. The van der Waals surface area contributed by atoms with Gasteiger partial charge in [0.25, 0.3) is 0 Å². The van der Waals surface area contributed by atoms with Crippen LogP contribution >= 0.6 is 34.5 Å². The predicted octanol–water partition coefficient (Wildman–Crippen LogP) is 4.27. The quantitative estimate of drug-likeness (QED) is 0.915. The van der Waals surface area contributed by atoms with Crippen LogP contribution in [0.15, 0.2) is 30.3 Å². The highest BCUT2D eigenvalue weighted by atomic mass is 35.5. The van der Waals surface area contributed by atoms with Gasteiger partial charge in [-0.25, -0.2) is 4.39 Å². The minimum absolute atomic E-state index is 0.0208. The highest BCUT2D eigenvalue weighted by Gasteiger charge is 2.14. The summed E-state index contributed by atoms with van der Waals surface area (Å²) in [4.78, 5) is 0.919. The monoisotopic (exact) mass is 305 g/mol. The second-order valence-corrected chi connectivity index (χ2v) is 5.71. The lowest BCUT2D eigenvalue weighted by atomic mass is 10.3. The van der Waals surface area contributed by atoms with Crippen LogP contribution in [0.2, 0.25) is 9.36 Å². The maximum atomic E-state index is 13.0. The van der Waals surface area contributed by atoms with Gasteiger partial charge in [-0.3, -0.25) is 0 Å². The van der Waals surface area contributed by atoms with E-state index in [1.54, 1.807) is 6.07 Å². The Morgan fingerprint density at radius 2 is 2.06 bits per heavy atom. The molecule has 0 saturated carbocycles. The van der Waals surface area contributed by atoms with E-state index in [-0.39, 0.29) is 11.1 Å². The standard InChI is InChI=1S/C12H10Cl2FNOS/c13-8-5-7(1-2-9(8)15)17-10(6-16)11-3-4-12(14)18-11/h1-5,10H,6,16H2. The van der Waals surface area contributed by atoms with Crippen molar-refractivity contribution in [1.29, 1.82) is 0 Å². The first-order valence-electron chi connectivity index (χ1n) is 5.17. The van der Waals surface area contributed by atoms with Crippen LogP contribution in [0.3, 0.4) is 0 Å². The summed E-state index contributed by atoms with van der Waals surface area (Å²) in [6, 6.07) is 7.83. The Kier molecular flexibility index (Phi) is 4.45. The van der Waals surface area contributed by atoms with Crippen molar-refractivity contribution < 1.29 is 9.13 Å². The summed E-state index contributed by atoms with van der Waals surface area (Å²) in [5.74, 6) is -0.00569. The predicted molar refractivity (Wildman–Crippen MR) is 73.2 cm³/mol. The molecule has 0 amide bonds. The molecular formula is C12H10Cl2FNOS. The van der Waals surface area contributed by atoms with Crippen molar-refractivity contribution in [2.24, 2.45) is 5.73 Å². The molecule has 2 aromatic rings. The van der Waals surface area contributed by atoms with Gasteiger partial charge in [0.2, 0.25) is 0 Å². The first-order valence-corrected chi connectivity index (χ1v) is 6.74. The van der Waals surface area contributed by atoms with Crippen molar-refractivity contribution >= 4 is 34.5 Å². The van der Waals surface area contributed by atoms with E-state index < -0.39 is 5.82 Å². The Labute approximate surface area is 118 Å². The van der Waals surface area contributed by atoms with Gasteiger partial charge in [-0.15, -0.1) is 11.3 Å². The Bertz CT molecular complexity index is 547. The van der Waals surface area contributed by atoms with Crippen LogP contribution < -0.4 is 10.5 Å². The third-order valence-electron chi connectivity index (χ3n) is 2.29. The second-order valence-electron chi connectivity index (χ2n) is 3.56. The Balaban J connectivity index is 2.17. The molecule has 0 saturated heterocycles. The molecule has 18 heavy (non-hydrogen) atoms. The van der Waals surface area contributed by atoms with Gasteiger partial charge in [0, 0.05) is 17.5 Å². The number of rotatable bonds is 4. The Morgan fingerprint density at radius 3 is 2.61 bits per heavy atom. The fourth-order valence-corrected chi connectivity index (χ4v) is 2.71. The van der Waals surface area contributed by atoms with Gasteiger partial charge in [0.15, 0.2) is 0 Å². The highest BCUT2D eigenvalue weighted by molar-refractivity contribution is 7.16. The largest absolute Gasteiger partial charge is 0.484 e. The van der Waals surface area contributed by atoms with E-state index in [1.807, 2.05) is 6.07 Å². The van der Waals surface area contributed by atoms with Gasteiger partial charge in [-0.2, -0.15) is 0 Å². The summed E-state index contributed by atoms with van der Waals surface area (Å²) in [7, 11) is 0. The summed E-state index contributed by atoms with van der Waals surface area (Å²) in [6.07, 6.45) is -0.316. The molecule has 96 valence electrons. The van der Waals surface area contributed by atoms with E-state index in [0.717, 1.165) is 4.88 Å². The number of nitrogens with two attached hydrogens (primary N) is 1. The molecule has 1 heterocycles. The highest BCUT2D eigenvalue weighted by Crippen LogP contribution is 2.31. The SMILES string of the molecule is NCC(Oc1ccc(F)c(Cl)c1)c1ccc(Cl)s1. The number of hydrogen-bond donors (Lipinski definition) is 1. The molecule has 1 unspecified atom stereocenters. The molecule has 1 aromatic heterocycles. The lowest BCUT2D eigenvalue weighted by Crippen LogP contribution is -2.17. The van der Waals surface area contributed by atoms with E-state index in [2.05, 4.69) is 0 Å². The molecule has 2 nitrogen and oxygen atoms in total. The normalized spacial score (nSPS) is 12.4. The zero-order chi connectivity index (χ0) is 13.1. The molecular weight excluding hydrogens is 296 g/mol. The van der Waals surface area contributed by atoms with Crippen LogP contribution in [0, 0.1) is 5.82 Å².